The maximum absolute atomic E-state index is 13.1. The van der Waals surface area contributed by atoms with Crippen LogP contribution in [0.2, 0.25) is 0 Å². The fraction of sp³-hybridized carbons (Fsp3) is 0.240. The van der Waals surface area contributed by atoms with Crippen LogP contribution in [0.3, 0.4) is 0 Å². The maximum atomic E-state index is 13.1. The van der Waals surface area contributed by atoms with Gasteiger partial charge in [0.05, 0.1) is 37.9 Å². The van der Waals surface area contributed by atoms with Gasteiger partial charge in [0.1, 0.15) is 0 Å². The largest absolute Gasteiger partial charge is 0.493 e. The van der Waals surface area contributed by atoms with Gasteiger partial charge in [0, 0.05) is 18.4 Å². The van der Waals surface area contributed by atoms with Crippen LogP contribution in [0.15, 0.2) is 60.8 Å². The molecule has 0 aliphatic carbocycles. The molecule has 0 saturated heterocycles. The Morgan fingerprint density at radius 2 is 1.81 bits per heavy atom. The molecule has 1 N–H and O–H groups in total. The highest BCUT2D eigenvalue weighted by molar-refractivity contribution is 6.11. The monoisotopic (exact) mass is 431 g/mol. The van der Waals surface area contributed by atoms with Gasteiger partial charge < -0.3 is 14.8 Å². The molecule has 7 nitrogen and oxygen atoms in total. The van der Waals surface area contributed by atoms with Gasteiger partial charge in [-0.2, -0.15) is 0 Å². The second-order valence-electron chi connectivity index (χ2n) is 7.63. The third kappa shape index (κ3) is 4.14. The number of anilines is 1. The molecule has 0 saturated carbocycles. The molecule has 0 unspecified atom stereocenters. The Balaban J connectivity index is 1.52. The van der Waals surface area contributed by atoms with Gasteiger partial charge in [-0.15, -0.1) is 0 Å². The van der Waals surface area contributed by atoms with Crippen LogP contribution in [-0.4, -0.2) is 31.0 Å². The molecular weight excluding hydrogens is 406 g/mol. The van der Waals surface area contributed by atoms with Crippen LogP contribution >= 0.6 is 0 Å². The fourth-order valence-corrected chi connectivity index (χ4v) is 3.89. The summed E-state index contributed by atoms with van der Waals surface area (Å²) in [5.74, 6) is 0.913. The average Bonchev–Trinajstić information content (AvgIpc) is 3.09. The lowest BCUT2D eigenvalue weighted by Gasteiger charge is -2.25. The van der Waals surface area contributed by atoms with E-state index in [-0.39, 0.29) is 18.2 Å². The third-order valence-corrected chi connectivity index (χ3v) is 5.54. The lowest BCUT2D eigenvalue weighted by molar-refractivity contribution is -0.121. The minimum atomic E-state index is -0.466. The number of aryl methyl sites for hydroxylation is 1. The van der Waals surface area contributed by atoms with Crippen LogP contribution in [0.5, 0.6) is 11.5 Å². The van der Waals surface area contributed by atoms with Crippen LogP contribution in [0.4, 0.5) is 5.69 Å². The van der Waals surface area contributed by atoms with Crippen LogP contribution in [0, 0.1) is 6.92 Å². The first-order valence-electron chi connectivity index (χ1n) is 10.3. The molecule has 1 aliphatic heterocycles. The van der Waals surface area contributed by atoms with Gasteiger partial charge in [-0.3, -0.25) is 19.5 Å². The Bertz CT molecular complexity index is 1140. The van der Waals surface area contributed by atoms with E-state index in [9.17, 15) is 9.59 Å². The van der Waals surface area contributed by atoms with E-state index in [0.29, 0.717) is 29.3 Å². The van der Waals surface area contributed by atoms with Crippen molar-refractivity contribution >= 4 is 17.5 Å². The van der Waals surface area contributed by atoms with Crippen molar-refractivity contribution in [1.82, 2.24) is 10.3 Å². The highest BCUT2D eigenvalue weighted by Crippen LogP contribution is 2.38. The molecule has 0 radical (unpaired) electrons. The van der Waals surface area contributed by atoms with Crippen LogP contribution in [0.1, 0.15) is 39.6 Å². The van der Waals surface area contributed by atoms with E-state index in [2.05, 4.69) is 10.3 Å². The molecular formula is C25H25N3O4. The van der Waals surface area contributed by atoms with Gasteiger partial charge in [-0.1, -0.05) is 23.8 Å². The van der Waals surface area contributed by atoms with Gasteiger partial charge in [0.15, 0.2) is 11.5 Å². The van der Waals surface area contributed by atoms with Crippen LogP contribution in [0.25, 0.3) is 0 Å². The Morgan fingerprint density at radius 1 is 1.06 bits per heavy atom. The molecule has 1 aromatic heterocycles. The average molecular weight is 431 g/mol. The molecule has 2 aromatic carbocycles. The van der Waals surface area contributed by atoms with E-state index < -0.39 is 6.04 Å². The molecule has 0 spiro atoms. The number of nitrogens with one attached hydrogen (secondary N) is 1. The van der Waals surface area contributed by atoms with Crippen molar-refractivity contribution in [2.75, 3.05) is 19.1 Å². The Labute approximate surface area is 187 Å². The van der Waals surface area contributed by atoms with Crippen molar-refractivity contribution in [1.29, 1.82) is 0 Å². The maximum Gasteiger partial charge on any atom is 0.260 e. The number of ether oxygens (including phenoxy) is 2. The first-order chi connectivity index (χ1) is 15.5. The van der Waals surface area contributed by atoms with E-state index in [1.165, 1.54) is 0 Å². The van der Waals surface area contributed by atoms with Crippen molar-refractivity contribution in [3.05, 3.63) is 83.2 Å². The number of hydrogen-bond donors (Lipinski definition) is 1. The Kier molecular flexibility index (Phi) is 6.07. The van der Waals surface area contributed by atoms with E-state index in [1.54, 1.807) is 43.5 Å². The van der Waals surface area contributed by atoms with Gasteiger partial charge in [0.25, 0.3) is 5.91 Å². The number of amides is 2. The summed E-state index contributed by atoms with van der Waals surface area (Å²) >= 11 is 0. The number of pyridine rings is 1. The molecule has 1 aliphatic rings. The molecule has 2 heterocycles. The molecule has 164 valence electrons. The highest BCUT2D eigenvalue weighted by atomic mass is 16.5. The Hall–Kier alpha value is -3.87. The molecule has 1 atom stereocenters. The lowest BCUT2D eigenvalue weighted by Crippen LogP contribution is -2.33. The number of nitrogens with zero attached hydrogens (tertiary/aromatic N) is 2. The topological polar surface area (TPSA) is 80.8 Å². The lowest BCUT2D eigenvalue weighted by atomic mass is 10.1. The van der Waals surface area contributed by atoms with E-state index in [1.807, 2.05) is 43.3 Å². The summed E-state index contributed by atoms with van der Waals surface area (Å²) < 4.78 is 10.6. The first-order valence-corrected chi connectivity index (χ1v) is 10.3. The van der Waals surface area contributed by atoms with Crippen LogP contribution in [-0.2, 0) is 11.3 Å². The SMILES string of the molecule is COc1ccc(CNC(=O)C[C@H]2c3ncccc3C(=O)N2c2ccc(C)cc2)cc1OC. The molecule has 7 heteroatoms. The predicted octanol–water partition coefficient (Wildman–Crippen LogP) is 3.82. The molecule has 0 bridgehead atoms. The number of benzene rings is 2. The van der Waals surface area contributed by atoms with E-state index in [0.717, 1.165) is 16.8 Å². The number of fused-ring (bicyclic) bond motifs is 1. The first kappa shape index (κ1) is 21.4. The number of carbonyl (C=O) groups excluding carboxylic acids is 2. The second-order valence-corrected chi connectivity index (χ2v) is 7.63. The van der Waals surface area contributed by atoms with Crippen molar-refractivity contribution in [2.24, 2.45) is 0 Å². The standard InChI is InChI=1S/C25H25N3O4/c1-16-6-9-18(10-7-16)28-20(24-19(25(28)30)5-4-12-26-24)14-23(29)27-15-17-8-11-21(31-2)22(13-17)32-3/h4-13,20H,14-15H2,1-3H3,(H,27,29)/t20-/m0/s1. The molecule has 32 heavy (non-hydrogen) atoms. The Morgan fingerprint density at radius 3 is 2.53 bits per heavy atom. The quantitative estimate of drug-likeness (QED) is 0.615. The van der Waals surface area contributed by atoms with Crippen molar-refractivity contribution in [2.45, 2.75) is 25.9 Å². The molecule has 0 fully saturated rings. The summed E-state index contributed by atoms with van der Waals surface area (Å²) in [5.41, 5.74) is 3.88. The number of aromatic nitrogens is 1. The smallest absolute Gasteiger partial charge is 0.260 e. The summed E-state index contributed by atoms with van der Waals surface area (Å²) in [7, 11) is 3.15. The summed E-state index contributed by atoms with van der Waals surface area (Å²) in [4.78, 5) is 32.1. The van der Waals surface area contributed by atoms with Crippen LogP contribution < -0.4 is 19.7 Å². The highest BCUT2D eigenvalue weighted by Gasteiger charge is 2.39. The van der Waals surface area contributed by atoms with Crippen molar-refractivity contribution < 1.29 is 19.1 Å². The normalized spacial score (nSPS) is 14.8. The fourth-order valence-electron chi connectivity index (χ4n) is 3.89. The zero-order chi connectivity index (χ0) is 22.7. The number of rotatable bonds is 7. The number of carbonyl (C=O) groups is 2. The zero-order valence-electron chi connectivity index (χ0n) is 18.3. The molecule has 2 amide bonds. The third-order valence-electron chi connectivity index (χ3n) is 5.54. The van der Waals surface area contributed by atoms with Gasteiger partial charge in [0.2, 0.25) is 5.91 Å². The van der Waals surface area contributed by atoms with Gasteiger partial charge in [-0.25, -0.2) is 0 Å². The summed E-state index contributed by atoms with van der Waals surface area (Å²) in [5, 5.41) is 2.94. The summed E-state index contributed by atoms with van der Waals surface area (Å²) in [6.07, 6.45) is 1.76. The summed E-state index contributed by atoms with van der Waals surface area (Å²) in [6.45, 7) is 2.32. The van der Waals surface area contributed by atoms with E-state index in [4.69, 9.17) is 9.47 Å². The number of methoxy groups -OCH3 is 2. The summed E-state index contributed by atoms with van der Waals surface area (Å²) in [6, 6.07) is 16.2. The second kappa shape index (κ2) is 9.09. The van der Waals surface area contributed by atoms with Crippen molar-refractivity contribution in [3.8, 4) is 11.5 Å². The van der Waals surface area contributed by atoms with Crippen molar-refractivity contribution in [3.63, 3.8) is 0 Å². The van der Waals surface area contributed by atoms with E-state index >= 15 is 0 Å². The number of hydrogen-bond acceptors (Lipinski definition) is 5. The predicted molar refractivity (Wildman–Crippen MR) is 121 cm³/mol. The van der Waals surface area contributed by atoms with Gasteiger partial charge in [-0.05, 0) is 48.9 Å². The zero-order valence-corrected chi connectivity index (χ0v) is 18.3. The molecule has 4 rings (SSSR count). The van der Waals surface area contributed by atoms with Gasteiger partial charge >= 0.3 is 0 Å². The minimum Gasteiger partial charge on any atom is -0.493 e. The molecule has 3 aromatic rings. The minimum absolute atomic E-state index is 0.108.